The fourth-order valence-corrected chi connectivity index (χ4v) is 6.13. The molecule has 0 aromatic rings. The van der Waals surface area contributed by atoms with Gasteiger partial charge in [-0.05, 0) is 38.0 Å². The van der Waals surface area contributed by atoms with Crippen LogP contribution in [0.4, 0.5) is 0 Å². The Morgan fingerprint density at radius 1 is 0.860 bits per heavy atom. The predicted molar refractivity (Wildman–Crippen MR) is 192 cm³/mol. The van der Waals surface area contributed by atoms with E-state index >= 15 is 0 Å². The molecule has 50 heavy (non-hydrogen) atoms. The molecule has 0 amide bonds. The van der Waals surface area contributed by atoms with E-state index in [1.165, 1.54) is 32.1 Å². The Balaban J connectivity index is 2.40. The standard InChI is InChI=1S/C37H67O12P/c1-4-5-14-20-30(38)24-25-34-32(33(39)26-37(42)49-34)21-16-12-13-17-22-35(40)46-27-31(28-47-50(43,44)45)48-36(41)23-18-11-9-7-6-8-10-15-19-29(2)3/h12,16,24-25,29-34,37-39,42H,4-11,13-15,17-23,26-28H2,1-3H3,(H2,43,44,45)/b16-12-,25-24+/t30-,31+,32-,33-,34+,37?/m0/s1. The van der Waals surface area contributed by atoms with Crippen molar-refractivity contribution in [3.8, 4) is 0 Å². The molecule has 0 aromatic carbocycles. The van der Waals surface area contributed by atoms with Gasteiger partial charge in [-0.3, -0.25) is 14.1 Å². The highest BCUT2D eigenvalue weighted by atomic mass is 31.2. The molecule has 1 fully saturated rings. The Labute approximate surface area is 300 Å². The Morgan fingerprint density at radius 3 is 2.16 bits per heavy atom. The summed E-state index contributed by atoms with van der Waals surface area (Å²) in [5.41, 5.74) is 0. The number of ether oxygens (including phenoxy) is 3. The molecular formula is C37H67O12P. The van der Waals surface area contributed by atoms with Crippen molar-refractivity contribution in [3.05, 3.63) is 24.3 Å². The van der Waals surface area contributed by atoms with E-state index in [1.54, 1.807) is 12.2 Å². The second-order valence-electron chi connectivity index (χ2n) is 13.9. The van der Waals surface area contributed by atoms with Gasteiger partial charge in [-0.25, -0.2) is 4.57 Å². The highest BCUT2D eigenvalue weighted by molar-refractivity contribution is 7.46. The van der Waals surface area contributed by atoms with Crippen molar-refractivity contribution in [3.63, 3.8) is 0 Å². The summed E-state index contributed by atoms with van der Waals surface area (Å²) in [5, 5.41) is 30.8. The summed E-state index contributed by atoms with van der Waals surface area (Å²) in [6, 6.07) is 0. The van der Waals surface area contributed by atoms with Gasteiger partial charge in [0.05, 0.1) is 24.9 Å². The Kier molecular flexibility index (Phi) is 25.9. The lowest BCUT2D eigenvalue weighted by Crippen LogP contribution is -2.43. The summed E-state index contributed by atoms with van der Waals surface area (Å²) < 4.78 is 31.9. The number of esters is 2. The van der Waals surface area contributed by atoms with E-state index in [4.69, 9.17) is 24.0 Å². The molecule has 1 heterocycles. The number of hydrogen-bond donors (Lipinski definition) is 5. The SMILES string of the molecule is CCCCC[C@H](O)/C=C/[C@H]1OC(O)C[C@H](O)[C@@H]1C/C=C\CCCC(=O)OC[C@H](COP(=O)(O)O)OC(=O)CCCCCCCCCCC(C)C. The molecular weight excluding hydrogens is 667 g/mol. The van der Waals surface area contributed by atoms with Gasteiger partial charge in [0.2, 0.25) is 0 Å². The Hall–Kier alpha value is -1.63. The van der Waals surface area contributed by atoms with Crippen molar-refractivity contribution in [1.82, 2.24) is 0 Å². The van der Waals surface area contributed by atoms with Gasteiger partial charge in [-0.2, -0.15) is 0 Å². The zero-order chi connectivity index (χ0) is 37.2. The molecule has 1 aliphatic heterocycles. The smallest absolute Gasteiger partial charge is 0.462 e. The topological polar surface area (TPSA) is 189 Å². The third-order valence-electron chi connectivity index (χ3n) is 8.70. The number of allylic oxidation sites excluding steroid dienone is 2. The quantitative estimate of drug-likeness (QED) is 0.0234. The van der Waals surface area contributed by atoms with E-state index in [-0.39, 0.29) is 31.8 Å². The lowest BCUT2D eigenvalue weighted by Gasteiger charge is -2.36. The lowest BCUT2D eigenvalue weighted by atomic mass is 9.87. The lowest BCUT2D eigenvalue weighted by molar-refractivity contribution is -0.199. The molecule has 0 spiro atoms. The highest BCUT2D eigenvalue weighted by Gasteiger charge is 2.35. The summed E-state index contributed by atoms with van der Waals surface area (Å²) in [7, 11) is -4.81. The number of aliphatic hydroxyl groups excluding tert-OH is 3. The Bertz CT molecular complexity index is 997. The summed E-state index contributed by atoms with van der Waals surface area (Å²) in [5.74, 6) is -0.643. The molecule has 1 aliphatic rings. The van der Waals surface area contributed by atoms with E-state index in [9.17, 15) is 29.5 Å². The number of carbonyl (C=O) groups excluding carboxylic acids is 2. The fraction of sp³-hybridized carbons (Fsp3) is 0.838. The maximum atomic E-state index is 12.4. The molecule has 0 saturated carbocycles. The van der Waals surface area contributed by atoms with Gasteiger partial charge >= 0.3 is 19.8 Å². The number of aliphatic hydroxyl groups is 3. The van der Waals surface area contributed by atoms with Gasteiger partial charge in [0.15, 0.2) is 12.4 Å². The van der Waals surface area contributed by atoms with Crippen LogP contribution in [-0.4, -0.2) is 81.0 Å². The van der Waals surface area contributed by atoms with E-state index in [0.717, 1.165) is 44.4 Å². The first-order valence-corrected chi connectivity index (χ1v) is 20.4. The van der Waals surface area contributed by atoms with Crippen LogP contribution in [0.2, 0.25) is 0 Å². The van der Waals surface area contributed by atoms with Crippen LogP contribution in [0.15, 0.2) is 24.3 Å². The van der Waals surface area contributed by atoms with Crippen molar-refractivity contribution in [2.45, 2.75) is 173 Å². The normalized spacial score (nSPS) is 21.2. The molecule has 0 bridgehead atoms. The summed E-state index contributed by atoms with van der Waals surface area (Å²) in [4.78, 5) is 42.9. The first kappa shape index (κ1) is 46.4. The Morgan fingerprint density at radius 2 is 1.50 bits per heavy atom. The van der Waals surface area contributed by atoms with Crippen LogP contribution in [0, 0.1) is 11.8 Å². The van der Waals surface area contributed by atoms with Crippen LogP contribution in [0.25, 0.3) is 0 Å². The van der Waals surface area contributed by atoms with E-state index in [2.05, 4.69) is 25.3 Å². The zero-order valence-electron chi connectivity index (χ0n) is 30.7. The minimum absolute atomic E-state index is 0.0741. The third kappa shape index (κ3) is 25.3. The average molecular weight is 735 g/mol. The molecule has 6 atom stereocenters. The molecule has 1 saturated heterocycles. The van der Waals surface area contributed by atoms with Crippen LogP contribution in [0.3, 0.4) is 0 Å². The molecule has 12 nitrogen and oxygen atoms in total. The maximum Gasteiger partial charge on any atom is 0.469 e. The number of hydrogen-bond acceptors (Lipinski definition) is 10. The molecule has 0 aromatic heterocycles. The van der Waals surface area contributed by atoms with Crippen LogP contribution in [0.1, 0.15) is 143 Å². The first-order chi connectivity index (χ1) is 23.8. The summed E-state index contributed by atoms with van der Waals surface area (Å²) in [6.07, 6.45) is 18.3. The number of carbonyl (C=O) groups is 2. The van der Waals surface area contributed by atoms with Gasteiger partial charge < -0.3 is 39.3 Å². The minimum atomic E-state index is -4.81. The fourth-order valence-electron chi connectivity index (χ4n) is 5.77. The first-order valence-electron chi connectivity index (χ1n) is 18.9. The van der Waals surface area contributed by atoms with Crippen molar-refractivity contribution in [2.24, 2.45) is 11.8 Å². The van der Waals surface area contributed by atoms with Gasteiger partial charge in [-0.15, -0.1) is 0 Å². The summed E-state index contributed by atoms with van der Waals surface area (Å²) >= 11 is 0. The number of unbranched alkanes of at least 4 members (excludes halogenated alkanes) is 10. The second-order valence-corrected chi connectivity index (χ2v) is 15.2. The van der Waals surface area contributed by atoms with Crippen molar-refractivity contribution in [1.29, 1.82) is 0 Å². The maximum absolute atomic E-state index is 12.4. The van der Waals surface area contributed by atoms with Gasteiger partial charge in [0, 0.05) is 25.2 Å². The monoisotopic (exact) mass is 734 g/mol. The van der Waals surface area contributed by atoms with Crippen molar-refractivity contribution >= 4 is 19.8 Å². The number of phosphoric acid groups is 1. The largest absolute Gasteiger partial charge is 0.469 e. The van der Waals surface area contributed by atoms with Crippen LogP contribution < -0.4 is 0 Å². The molecule has 5 N–H and O–H groups in total. The highest BCUT2D eigenvalue weighted by Crippen LogP contribution is 2.36. The van der Waals surface area contributed by atoms with E-state index < -0.39 is 57.1 Å². The van der Waals surface area contributed by atoms with Gasteiger partial charge in [0.1, 0.15) is 6.61 Å². The number of phosphoric ester groups is 1. The second kappa shape index (κ2) is 27.9. The zero-order valence-corrected chi connectivity index (χ0v) is 31.6. The molecule has 0 radical (unpaired) electrons. The van der Waals surface area contributed by atoms with Crippen molar-refractivity contribution in [2.75, 3.05) is 13.2 Å². The molecule has 1 unspecified atom stereocenters. The third-order valence-corrected chi connectivity index (χ3v) is 9.18. The molecule has 292 valence electrons. The van der Waals surface area contributed by atoms with E-state index in [1.807, 2.05) is 12.2 Å². The van der Waals surface area contributed by atoms with Crippen LogP contribution in [0.5, 0.6) is 0 Å². The molecule has 13 heteroatoms. The molecule has 1 rings (SSSR count). The number of rotatable bonds is 29. The van der Waals surface area contributed by atoms with Gasteiger partial charge in [0.25, 0.3) is 0 Å². The minimum Gasteiger partial charge on any atom is -0.462 e. The average Bonchev–Trinajstić information content (AvgIpc) is 3.04. The van der Waals surface area contributed by atoms with E-state index in [0.29, 0.717) is 32.1 Å². The van der Waals surface area contributed by atoms with Gasteiger partial charge in [-0.1, -0.05) is 116 Å². The van der Waals surface area contributed by atoms with Crippen LogP contribution in [-0.2, 0) is 32.9 Å². The molecule has 0 aliphatic carbocycles. The van der Waals surface area contributed by atoms with Crippen LogP contribution >= 0.6 is 7.82 Å². The predicted octanol–water partition coefficient (Wildman–Crippen LogP) is 6.81. The summed E-state index contributed by atoms with van der Waals surface area (Å²) in [6.45, 7) is 5.58. The van der Waals surface area contributed by atoms with Crippen molar-refractivity contribution < 1.29 is 58.0 Å².